The van der Waals surface area contributed by atoms with E-state index in [2.05, 4.69) is 196 Å². The van der Waals surface area contributed by atoms with Crippen molar-refractivity contribution in [2.45, 2.75) is 45.7 Å². The molecule has 0 saturated carbocycles. The molecule has 47 heavy (non-hydrogen) atoms. The molecule has 0 saturated heterocycles. The summed E-state index contributed by atoms with van der Waals surface area (Å²) in [7, 11) is 0. The molecule has 5 aromatic carbocycles. The number of anilines is 1. The number of nitrogens with zero attached hydrogens (tertiary/aromatic N) is 1. The predicted molar refractivity (Wildman–Crippen MR) is 206 cm³/mol. The SMILES string of the molecule is C=C/C=C(\C/C=C\C=C(\c1ccccc1)C(C)Nc1ccccc1-c1ccc2c(c1)c1ccccc1n2C(C)(C)C)c1ccccc1. The van der Waals surface area contributed by atoms with Crippen molar-refractivity contribution >= 4 is 38.6 Å². The van der Waals surface area contributed by atoms with Gasteiger partial charge in [-0.15, -0.1) is 0 Å². The van der Waals surface area contributed by atoms with Crippen molar-refractivity contribution in [3.05, 3.63) is 175 Å². The first-order valence-corrected chi connectivity index (χ1v) is 16.5. The van der Waals surface area contributed by atoms with Crippen LogP contribution in [0.1, 0.15) is 45.2 Å². The molecule has 1 N–H and O–H groups in total. The van der Waals surface area contributed by atoms with E-state index in [1.165, 1.54) is 55.2 Å². The summed E-state index contributed by atoms with van der Waals surface area (Å²) in [6.45, 7) is 13.0. The number of benzene rings is 5. The number of allylic oxidation sites excluding steroid dienone is 6. The number of hydrogen-bond donors (Lipinski definition) is 1. The highest BCUT2D eigenvalue weighted by Crippen LogP contribution is 2.38. The van der Waals surface area contributed by atoms with Crippen LogP contribution in [0.5, 0.6) is 0 Å². The maximum absolute atomic E-state index is 3.93. The molecule has 1 aromatic heterocycles. The maximum Gasteiger partial charge on any atom is 0.0496 e. The highest BCUT2D eigenvalue weighted by molar-refractivity contribution is 6.09. The third-order valence-electron chi connectivity index (χ3n) is 8.74. The lowest BCUT2D eigenvalue weighted by Crippen LogP contribution is -2.21. The second-order valence-corrected chi connectivity index (χ2v) is 13.1. The van der Waals surface area contributed by atoms with E-state index in [9.17, 15) is 0 Å². The lowest BCUT2D eigenvalue weighted by atomic mass is 9.96. The zero-order valence-corrected chi connectivity index (χ0v) is 27.9. The smallest absolute Gasteiger partial charge is 0.0496 e. The quantitative estimate of drug-likeness (QED) is 0.152. The van der Waals surface area contributed by atoms with E-state index in [4.69, 9.17) is 0 Å². The Balaban J connectivity index is 1.33. The molecule has 0 radical (unpaired) electrons. The molecule has 0 fully saturated rings. The van der Waals surface area contributed by atoms with Crippen LogP contribution >= 0.6 is 0 Å². The number of fused-ring (bicyclic) bond motifs is 3. The van der Waals surface area contributed by atoms with Gasteiger partial charge in [0.05, 0.1) is 0 Å². The molecule has 2 nitrogen and oxygen atoms in total. The van der Waals surface area contributed by atoms with Gasteiger partial charge in [0.1, 0.15) is 0 Å². The fraction of sp³-hybridized carbons (Fsp3) is 0.156. The molecule has 0 aliphatic carbocycles. The molecule has 234 valence electrons. The van der Waals surface area contributed by atoms with Crippen molar-refractivity contribution in [3.63, 3.8) is 0 Å². The monoisotopic (exact) mass is 612 g/mol. The van der Waals surface area contributed by atoms with E-state index < -0.39 is 0 Å². The Kier molecular flexibility index (Phi) is 9.40. The van der Waals surface area contributed by atoms with Crippen LogP contribution in [0.25, 0.3) is 44.1 Å². The maximum atomic E-state index is 3.93. The molecule has 0 spiro atoms. The molecule has 1 unspecified atom stereocenters. The summed E-state index contributed by atoms with van der Waals surface area (Å²) in [5, 5.41) is 6.46. The molecule has 0 aliphatic heterocycles. The Morgan fingerprint density at radius 1 is 0.723 bits per heavy atom. The predicted octanol–water partition coefficient (Wildman–Crippen LogP) is 12.3. The van der Waals surface area contributed by atoms with Crippen molar-refractivity contribution in [2.75, 3.05) is 5.32 Å². The van der Waals surface area contributed by atoms with Crippen LogP contribution in [0, 0.1) is 0 Å². The minimum atomic E-state index is -0.0303. The Morgan fingerprint density at radius 3 is 2.09 bits per heavy atom. The average Bonchev–Trinajstić information content (AvgIpc) is 3.43. The highest BCUT2D eigenvalue weighted by atomic mass is 15.0. The van der Waals surface area contributed by atoms with E-state index in [1.54, 1.807) is 0 Å². The van der Waals surface area contributed by atoms with Crippen LogP contribution < -0.4 is 5.32 Å². The van der Waals surface area contributed by atoms with Crippen LogP contribution in [-0.4, -0.2) is 10.6 Å². The van der Waals surface area contributed by atoms with Gasteiger partial charge >= 0.3 is 0 Å². The summed E-state index contributed by atoms with van der Waals surface area (Å²) in [5.74, 6) is 0. The average molecular weight is 613 g/mol. The van der Waals surface area contributed by atoms with Gasteiger partial charge in [-0.1, -0.05) is 140 Å². The lowest BCUT2D eigenvalue weighted by molar-refractivity contribution is 0.423. The molecule has 0 amide bonds. The summed E-state index contributed by atoms with van der Waals surface area (Å²) in [4.78, 5) is 0. The summed E-state index contributed by atoms with van der Waals surface area (Å²) in [5.41, 5.74) is 10.9. The van der Waals surface area contributed by atoms with Crippen molar-refractivity contribution in [3.8, 4) is 11.1 Å². The molecule has 6 aromatic rings. The number of aromatic nitrogens is 1. The van der Waals surface area contributed by atoms with Crippen LogP contribution in [0.15, 0.2) is 164 Å². The second kappa shape index (κ2) is 14.0. The van der Waals surface area contributed by atoms with Gasteiger partial charge in [0.25, 0.3) is 0 Å². The molecular weight excluding hydrogens is 569 g/mol. The first kappa shape index (κ1) is 31.6. The summed E-state index contributed by atoms with van der Waals surface area (Å²) in [6.07, 6.45) is 11.5. The minimum absolute atomic E-state index is 0.0303. The van der Waals surface area contributed by atoms with Gasteiger partial charge in [-0.05, 0) is 86.2 Å². The molecular formula is C45H44N2. The summed E-state index contributed by atoms with van der Waals surface area (Å²) >= 11 is 0. The van der Waals surface area contributed by atoms with E-state index in [-0.39, 0.29) is 11.6 Å². The summed E-state index contributed by atoms with van der Waals surface area (Å²) < 4.78 is 2.47. The first-order valence-electron chi connectivity index (χ1n) is 16.5. The van der Waals surface area contributed by atoms with Gasteiger partial charge in [-0.2, -0.15) is 0 Å². The van der Waals surface area contributed by atoms with Gasteiger partial charge in [-0.3, -0.25) is 0 Å². The Labute approximate surface area is 280 Å². The van der Waals surface area contributed by atoms with Crippen molar-refractivity contribution in [2.24, 2.45) is 0 Å². The molecule has 1 atom stereocenters. The number of hydrogen-bond acceptors (Lipinski definition) is 1. The van der Waals surface area contributed by atoms with E-state index in [1.807, 2.05) is 6.08 Å². The van der Waals surface area contributed by atoms with E-state index in [0.29, 0.717) is 0 Å². The third-order valence-corrected chi connectivity index (χ3v) is 8.74. The van der Waals surface area contributed by atoms with E-state index >= 15 is 0 Å². The van der Waals surface area contributed by atoms with E-state index in [0.717, 1.165) is 12.1 Å². The minimum Gasteiger partial charge on any atom is -0.378 e. The number of nitrogens with one attached hydrogen (secondary N) is 1. The number of para-hydroxylation sites is 2. The molecule has 2 heteroatoms. The fourth-order valence-corrected chi connectivity index (χ4v) is 6.60. The Hall–Kier alpha value is -5.34. The largest absolute Gasteiger partial charge is 0.378 e. The lowest BCUT2D eigenvalue weighted by Gasteiger charge is -2.24. The van der Waals surface area contributed by atoms with Crippen LogP contribution in [0.4, 0.5) is 5.69 Å². The van der Waals surface area contributed by atoms with Gasteiger partial charge in [0, 0.05) is 44.6 Å². The zero-order chi connectivity index (χ0) is 32.8. The van der Waals surface area contributed by atoms with Gasteiger partial charge in [0.15, 0.2) is 0 Å². The van der Waals surface area contributed by atoms with Gasteiger partial charge < -0.3 is 9.88 Å². The standard InChI is InChI=1S/C45H44N2/c1-6-19-34(35-20-9-7-10-21-35)22-13-14-25-38(36-23-11-8-12-24-36)33(2)46-42-28-17-15-26-39(42)37-30-31-44-41(32-37)40-27-16-18-29-43(40)47(44)45(3,4)5/h6-21,23-33,46H,1,22H2,2-5H3/b14-13-,34-19+,38-25+. The molecule has 0 aliphatic rings. The molecule has 6 rings (SSSR count). The topological polar surface area (TPSA) is 17.0 Å². The molecule has 1 heterocycles. The van der Waals surface area contributed by atoms with Crippen LogP contribution in [0.2, 0.25) is 0 Å². The van der Waals surface area contributed by atoms with Crippen molar-refractivity contribution < 1.29 is 0 Å². The molecule has 0 bridgehead atoms. The van der Waals surface area contributed by atoms with Crippen molar-refractivity contribution in [1.82, 2.24) is 4.57 Å². The Morgan fingerprint density at radius 2 is 1.36 bits per heavy atom. The highest BCUT2D eigenvalue weighted by Gasteiger charge is 2.21. The fourth-order valence-electron chi connectivity index (χ4n) is 6.60. The number of rotatable bonds is 10. The second-order valence-electron chi connectivity index (χ2n) is 13.1. The van der Waals surface area contributed by atoms with Crippen LogP contribution in [0.3, 0.4) is 0 Å². The summed E-state index contributed by atoms with van der Waals surface area (Å²) in [6, 6.07) is 45.6. The van der Waals surface area contributed by atoms with Gasteiger partial charge in [0.2, 0.25) is 0 Å². The van der Waals surface area contributed by atoms with Crippen LogP contribution in [-0.2, 0) is 5.54 Å². The normalized spacial score (nSPS) is 13.4. The third kappa shape index (κ3) is 6.93. The Bertz CT molecular complexity index is 2080. The van der Waals surface area contributed by atoms with Gasteiger partial charge in [-0.25, -0.2) is 0 Å². The zero-order valence-electron chi connectivity index (χ0n) is 27.9. The van der Waals surface area contributed by atoms with Crippen molar-refractivity contribution in [1.29, 1.82) is 0 Å². The first-order chi connectivity index (χ1) is 22.8.